The molecule has 1 amide bonds. The number of nitrogens with zero attached hydrogens (tertiary/aromatic N) is 5. The summed E-state index contributed by atoms with van der Waals surface area (Å²) in [5.74, 6) is -4.56. The van der Waals surface area contributed by atoms with Crippen LogP contribution in [-0.4, -0.2) is 65.8 Å². The molecule has 0 aliphatic rings. The number of carbonyl (C=O) groups is 2. The van der Waals surface area contributed by atoms with Gasteiger partial charge in [0.15, 0.2) is 0 Å². The summed E-state index contributed by atoms with van der Waals surface area (Å²) in [4.78, 5) is 33.7. The summed E-state index contributed by atoms with van der Waals surface area (Å²) in [5, 5.41) is 17.5. The Bertz CT molecular complexity index is 2230. The minimum absolute atomic E-state index is 0.0340. The van der Waals surface area contributed by atoms with Gasteiger partial charge in [0.05, 0.1) is 48.1 Å². The highest BCUT2D eigenvalue weighted by molar-refractivity contribution is 7.81. The number of fused-ring (bicyclic) bond motifs is 1. The zero-order valence-corrected chi connectivity index (χ0v) is 27.6. The molecule has 16 heteroatoms. The molecule has 0 saturated heterocycles. The first-order chi connectivity index (χ1) is 24.6. The number of rotatable bonds is 12. The molecule has 0 bridgehead atoms. The highest BCUT2D eigenvalue weighted by Gasteiger charge is 2.28. The smallest absolute Gasteiger partial charge is 0.326 e. The van der Waals surface area contributed by atoms with Crippen molar-refractivity contribution in [1.29, 1.82) is 0 Å². The van der Waals surface area contributed by atoms with Crippen LogP contribution in [0, 0.1) is 11.6 Å². The van der Waals surface area contributed by atoms with E-state index in [1.54, 1.807) is 42.6 Å². The maximum absolute atomic E-state index is 15.4. The molecular formula is C35H27F2N6O7S-. The summed E-state index contributed by atoms with van der Waals surface area (Å²) in [5.41, 5.74) is 0.885. The summed E-state index contributed by atoms with van der Waals surface area (Å²) in [6.07, 6.45) is 5.61. The molecule has 1 unspecified atom stereocenters. The van der Waals surface area contributed by atoms with E-state index in [2.05, 4.69) is 20.4 Å². The number of aromatic nitrogens is 4. The first kappa shape index (κ1) is 34.6. The number of pyridine rings is 1. The standard InChI is InChI=1S/C35H28F2N6O7S/c1-49-30-4-3-5-31(50-2)32(30)25-11-6-20(24-12-13-38-17-26(24)25)14-29(35(45)46)41-34(44)33-27(36)15-23(16-28(33)37)43(51(47)48)22-9-7-21(8-10-22)42-19-39-18-40-42/h3-13,15-19,29H,14H2,1-2H3,(H,41,44)(H,45,46)(H,47,48)/p-1/t29-/m1/s1. The molecule has 2 atom stereocenters. The van der Waals surface area contributed by atoms with Gasteiger partial charge in [0.1, 0.15) is 47.4 Å². The van der Waals surface area contributed by atoms with E-state index in [4.69, 9.17) is 9.47 Å². The molecule has 260 valence electrons. The van der Waals surface area contributed by atoms with Gasteiger partial charge in [0, 0.05) is 24.2 Å². The molecule has 2 N–H and O–H groups in total. The van der Waals surface area contributed by atoms with Crippen LogP contribution in [0.5, 0.6) is 11.5 Å². The molecular weight excluding hydrogens is 686 g/mol. The van der Waals surface area contributed by atoms with E-state index in [1.165, 1.54) is 62.0 Å². The van der Waals surface area contributed by atoms with E-state index in [1.807, 2.05) is 0 Å². The van der Waals surface area contributed by atoms with E-state index in [9.17, 15) is 23.5 Å². The van der Waals surface area contributed by atoms with Crippen molar-refractivity contribution in [3.05, 3.63) is 121 Å². The lowest BCUT2D eigenvalue weighted by Gasteiger charge is -2.27. The molecule has 0 saturated carbocycles. The summed E-state index contributed by atoms with van der Waals surface area (Å²) >= 11 is -3.03. The zero-order valence-electron chi connectivity index (χ0n) is 26.8. The second-order valence-corrected chi connectivity index (χ2v) is 11.8. The fourth-order valence-electron chi connectivity index (χ4n) is 5.71. The van der Waals surface area contributed by atoms with Crippen molar-refractivity contribution < 1.29 is 41.7 Å². The number of nitrogens with one attached hydrogen (secondary N) is 1. The Morgan fingerprint density at radius 2 is 1.65 bits per heavy atom. The van der Waals surface area contributed by atoms with Crippen LogP contribution in [0.2, 0.25) is 0 Å². The minimum atomic E-state index is -3.03. The van der Waals surface area contributed by atoms with Gasteiger partial charge in [-0.05, 0) is 71.1 Å². The van der Waals surface area contributed by atoms with Gasteiger partial charge in [0.2, 0.25) is 0 Å². The Labute approximate surface area is 291 Å². The second kappa shape index (κ2) is 14.7. The summed E-state index contributed by atoms with van der Waals surface area (Å²) in [7, 11) is 3.04. The van der Waals surface area contributed by atoms with Crippen molar-refractivity contribution >= 4 is 45.3 Å². The lowest BCUT2D eigenvalue weighted by molar-refractivity contribution is -0.139. The Hall–Kier alpha value is -6.26. The topological polar surface area (TPSA) is 172 Å². The maximum atomic E-state index is 15.4. The second-order valence-electron chi connectivity index (χ2n) is 11.0. The summed E-state index contributed by atoms with van der Waals surface area (Å²) < 4.78 is 68.5. The normalized spacial score (nSPS) is 12.3. The molecule has 0 radical (unpaired) electrons. The van der Waals surface area contributed by atoms with Gasteiger partial charge in [-0.2, -0.15) is 5.10 Å². The highest BCUT2D eigenvalue weighted by atomic mass is 32.2. The zero-order chi connectivity index (χ0) is 36.2. The number of methoxy groups -OCH3 is 2. The van der Waals surface area contributed by atoms with Crippen molar-refractivity contribution in [3.8, 4) is 28.3 Å². The van der Waals surface area contributed by atoms with Crippen LogP contribution in [0.25, 0.3) is 27.6 Å². The van der Waals surface area contributed by atoms with Crippen LogP contribution in [0.15, 0.2) is 97.8 Å². The van der Waals surface area contributed by atoms with Crippen molar-refractivity contribution in [2.75, 3.05) is 18.5 Å². The molecule has 6 rings (SSSR count). The van der Waals surface area contributed by atoms with Crippen LogP contribution in [0.3, 0.4) is 0 Å². The fourth-order valence-corrected chi connectivity index (χ4v) is 6.28. The Balaban J connectivity index is 1.28. The van der Waals surface area contributed by atoms with Gasteiger partial charge in [0.25, 0.3) is 5.91 Å². The van der Waals surface area contributed by atoms with Crippen LogP contribution < -0.4 is 19.1 Å². The average Bonchev–Trinajstić information content (AvgIpc) is 3.66. The monoisotopic (exact) mass is 713 g/mol. The van der Waals surface area contributed by atoms with E-state index in [-0.39, 0.29) is 12.1 Å². The number of carbonyl (C=O) groups excluding carboxylic acids is 1. The Kier molecular flexibility index (Phi) is 9.97. The number of ether oxygens (including phenoxy) is 2. The molecule has 0 fully saturated rings. The van der Waals surface area contributed by atoms with E-state index >= 15 is 8.78 Å². The number of amides is 1. The molecule has 4 aromatic carbocycles. The number of hydrogen-bond acceptors (Lipinski definition) is 9. The molecule has 0 aliphatic carbocycles. The molecule has 0 spiro atoms. The van der Waals surface area contributed by atoms with Crippen molar-refractivity contribution in [2.24, 2.45) is 0 Å². The van der Waals surface area contributed by atoms with Gasteiger partial charge < -0.3 is 24.4 Å². The van der Waals surface area contributed by atoms with Crippen molar-refractivity contribution in [3.63, 3.8) is 0 Å². The molecule has 2 aromatic heterocycles. The van der Waals surface area contributed by atoms with Gasteiger partial charge >= 0.3 is 5.97 Å². The van der Waals surface area contributed by atoms with E-state index in [0.717, 1.165) is 0 Å². The summed E-state index contributed by atoms with van der Waals surface area (Å²) in [6.45, 7) is 0. The summed E-state index contributed by atoms with van der Waals surface area (Å²) in [6, 6.07) is 16.0. The third-order valence-corrected chi connectivity index (χ3v) is 8.76. The van der Waals surface area contributed by atoms with Crippen LogP contribution in [0.1, 0.15) is 15.9 Å². The largest absolute Gasteiger partial charge is 0.755 e. The van der Waals surface area contributed by atoms with E-state index < -0.39 is 52.1 Å². The van der Waals surface area contributed by atoms with Gasteiger partial charge in [-0.25, -0.2) is 23.2 Å². The first-order valence-electron chi connectivity index (χ1n) is 15.1. The SMILES string of the molecule is COc1cccc(OC)c1-c1ccc(C[C@@H](NC(=O)c2c(F)cc(N(c3ccc(-n4cncn4)cc3)S(=O)[O-])cc2F)C(=O)O)c2ccncc12. The van der Waals surface area contributed by atoms with Gasteiger partial charge in [-0.3, -0.25) is 18.3 Å². The lowest BCUT2D eigenvalue weighted by atomic mass is 9.92. The number of aliphatic carboxylic acids is 1. The Morgan fingerprint density at radius 3 is 2.24 bits per heavy atom. The quantitative estimate of drug-likeness (QED) is 0.162. The number of benzene rings is 4. The van der Waals surface area contributed by atoms with Crippen LogP contribution >= 0.6 is 0 Å². The average molecular weight is 714 g/mol. The van der Waals surface area contributed by atoms with Crippen LogP contribution in [0.4, 0.5) is 20.2 Å². The number of carboxylic acid groups (broad SMARTS) is 1. The first-order valence-corrected chi connectivity index (χ1v) is 16.1. The van der Waals surface area contributed by atoms with E-state index in [0.29, 0.717) is 61.1 Å². The van der Waals surface area contributed by atoms with Crippen molar-refractivity contribution in [2.45, 2.75) is 12.5 Å². The maximum Gasteiger partial charge on any atom is 0.326 e. The van der Waals surface area contributed by atoms with Gasteiger partial charge in [-0.15, -0.1) is 0 Å². The highest BCUT2D eigenvalue weighted by Crippen LogP contribution is 2.42. The molecule has 2 heterocycles. The fraction of sp³-hybridized carbons (Fsp3) is 0.114. The molecule has 51 heavy (non-hydrogen) atoms. The number of anilines is 2. The number of carboxylic acids is 1. The minimum Gasteiger partial charge on any atom is -0.755 e. The third kappa shape index (κ3) is 6.95. The lowest BCUT2D eigenvalue weighted by Crippen LogP contribution is -2.43. The number of halogens is 2. The molecule has 13 nitrogen and oxygen atoms in total. The molecule has 0 aliphatic heterocycles. The predicted molar refractivity (Wildman–Crippen MR) is 182 cm³/mol. The number of hydrogen-bond donors (Lipinski definition) is 2. The molecule has 6 aromatic rings. The Morgan fingerprint density at radius 1 is 0.961 bits per heavy atom. The van der Waals surface area contributed by atoms with Gasteiger partial charge in [-0.1, -0.05) is 18.2 Å². The predicted octanol–water partition coefficient (Wildman–Crippen LogP) is 5.14. The third-order valence-electron chi connectivity index (χ3n) is 8.04. The van der Waals surface area contributed by atoms with Crippen molar-refractivity contribution in [1.82, 2.24) is 25.1 Å². The van der Waals surface area contributed by atoms with Crippen LogP contribution in [-0.2, 0) is 22.5 Å².